The normalized spacial score (nSPS) is 26.2. The van der Waals surface area contributed by atoms with Gasteiger partial charge in [-0.2, -0.15) is 0 Å². The molecule has 1 aliphatic rings. The van der Waals surface area contributed by atoms with E-state index in [-0.39, 0.29) is 18.6 Å². The van der Waals surface area contributed by atoms with Gasteiger partial charge in [0.1, 0.15) is 12.6 Å². The molecule has 2 N–H and O–H groups in total. The van der Waals surface area contributed by atoms with Crippen LogP contribution in [0.1, 0.15) is 39.5 Å². The molecule has 3 atom stereocenters. The molecule has 0 radical (unpaired) electrons. The van der Waals surface area contributed by atoms with Crippen molar-refractivity contribution in [2.75, 3.05) is 6.61 Å². The smallest absolute Gasteiger partial charge is 0.325 e. The minimum absolute atomic E-state index is 0.0466. The van der Waals surface area contributed by atoms with E-state index >= 15 is 0 Å². The number of nitrogens with one attached hydrogen (secondary N) is 1. The molecule has 1 amide bonds. The van der Waals surface area contributed by atoms with Gasteiger partial charge in [-0.25, -0.2) is 0 Å². The second kappa shape index (κ2) is 6.59. The molecule has 1 fully saturated rings. The zero-order valence-corrected chi connectivity index (χ0v) is 10.4. The van der Waals surface area contributed by atoms with Crippen LogP contribution in [0.25, 0.3) is 0 Å². The van der Waals surface area contributed by atoms with E-state index in [9.17, 15) is 9.59 Å². The summed E-state index contributed by atoms with van der Waals surface area (Å²) in [4.78, 5) is 21.9. The molecular weight excluding hydrogens is 222 g/mol. The summed E-state index contributed by atoms with van der Waals surface area (Å²) in [6.07, 6.45) is 4.49. The molecule has 1 aliphatic carbocycles. The quantitative estimate of drug-likeness (QED) is 0.760. The maximum absolute atomic E-state index is 11.4. The molecule has 0 bridgehead atoms. The average molecular weight is 243 g/mol. The van der Waals surface area contributed by atoms with Gasteiger partial charge in [-0.05, 0) is 25.7 Å². The number of carboxylic acids is 1. The number of amides is 1. The molecule has 0 heterocycles. The molecule has 1 rings (SSSR count). The number of aliphatic carboxylic acids is 1. The van der Waals surface area contributed by atoms with E-state index in [0.29, 0.717) is 5.92 Å². The highest BCUT2D eigenvalue weighted by Crippen LogP contribution is 2.25. The average Bonchev–Trinajstić information content (AvgIpc) is 2.26. The van der Waals surface area contributed by atoms with E-state index in [2.05, 4.69) is 12.2 Å². The molecule has 0 spiro atoms. The van der Waals surface area contributed by atoms with Gasteiger partial charge >= 0.3 is 5.97 Å². The van der Waals surface area contributed by atoms with Crippen LogP contribution in [0.2, 0.25) is 0 Å². The molecule has 0 unspecified atom stereocenters. The standard InChI is InChI=1S/C12H21NO4/c1-8-4-3-5-10(6-8)17-7-11(14)13-9(2)12(15)16/h8-10H,3-7H2,1-2H3,(H,13,14)(H,15,16)/t8-,9+,10+/m1/s1. The number of rotatable bonds is 5. The van der Waals surface area contributed by atoms with Gasteiger partial charge < -0.3 is 15.2 Å². The molecule has 0 aromatic heterocycles. The third-order valence-electron chi connectivity index (χ3n) is 3.09. The minimum atomic E-state index is -1.04. The number of hydrogen-bond donors (Lipinski definition) is 2. The molecule has 0 aromatic rings. The second-order valence-corrected chi connectivity index (χ2v) is 4.83. The van der Waals surface area contributed by atoms with E-state index in [0.717, 1.165) is 19.3 Å². The van der Waals surface area contributed by atoms with Crippen LogP contribution in [0.4, 0.5) is 0 Å². The van der Waals surface area contributed by atoms with Crippen molar-refractivity contribution in [3.05, 3.63) is 0 Å². The largest absolute Gasteiger partial charge is 0.480 e. The summed E-state index contributed by atoms with van der Waals surface area (Å²) in [6.45, 7) is 3.57. The first kappa shape index (κ1) is 14.0. The molecule has 5 nitrogen and oxygen atoms in total. The molecular formula is C12H21NO4. The van der Waals surface area contributed by atoms with Crippen LogP contribution < -0.4 is 5.32 Å². The van der Waals surface area contributed by atoms with Crippen LogP contribution in [0.15, 0.2) is 0 Å². The summed E-state index contributed by atoms with van der Waals surface area (Å²) >= 11 is 0. The molecule has 5 heteroatoms. The lowest BCUT2D eigenvalue weighted by Gasteiger charge is -2.26. The summed E-state index contributed by atoms with van der Waals surface area (Å²) in [7, 11) is 0. The Balaban J connectivity index is 2.21. The first-order valence-electron chi connectivity index (χ1n) is 6.12. The predicted molar refractivity (Wildman–Crippen MR) is 62.6 cm³/mol. The van der Waals surface area contributed by atoms with E-state index in [1.165, 1.54) is 13.3 Å². The van der Waals surface area contributed by atoms with Crippen LogP contribution in [0.3, 0.4) is 0 Å². The van der Waals surface area contributed by atoms with Crippen molar-refractivity contribution in [3.8, 4) is 0 Å². The lowest BCUT2D eigenvalue weighted by Crippen LogP contribution is -2.41. The fraction of sp³-hybridized carbons (Fsp3) is 0.833. The summed E-state index contributed by atoms with van der Waals surface area (Å²) in [5.41, 5.74) is 0. The van der Waals surface area contributed by atoms with Gasteiger partial charge in [0.2, 0.25) is 5.91 Å². The fourth-order valence-corrected chi connectivity index (χ4v) is 2.07. The Morgan fingerprint density at radius 1 is 1.47 bits per heavy atom. The lowest BCUT2D eigenvalue weighted by molar-refractivity contribution is -0.142. The molecule has 0 aromatic carbocycles. The summed E-state index contributed by atoms with van der Waals surface area (Å²) in [5.74, 6) is -0.752. The minimum Gasteiger partial charge on any atom is -0.480 e. The summed E-state index contributed by atoms with van der Waals surface area (Å²) in [5, 5.41) is 11.0. The van der Waals surface area contributed by atoms with Crippen molar-refractivity contribution in [2.45, 2.75) is 51.7 Å². The highest BCUT2D eigenvalue weighted by Gasteiger charge is 2.21. The third kappa shape index (κ3) is 5.17. The van der Waals surface area contributed by atoms with Gasteiger partial charge in [0.05, 0.1) is 6.10 Å². The van der Waals surface area contributed by atoms with Gasteiger partial charge in [-0.3, -0.25) is 9.59 Å². The van der Waals surface area contributed by atoms with Crippen molar-refractivity contribution < 1.29 is 19.4 Å². The molecule has 98 valence electrons. The molecule has 0 saturated heterocycles. The van der Waals surface area contributed by atoms with Crippen LogP contribution in [-0.2, 0) is 14.3 Å². The Kier molecular flexibility index (Phi) is 5.41. The molecule has 0 aliphatic heterocycles. The van der Waals surface area contributed by atoms with E-state index in [1.807, 2.05) is 0 Å². The Hall–Kier alpha value is -1.10. The van der Waals surface area contributed by atoms with Crippen LogP contribution >= 0.6 is 0 Å². The Bertz CT molecular complexity index is 280. The molecule has 1 saturated carbocycles. The van der Waals surface area contributed by atoms with Crippen LogP contribution in [0, 0.1) is 5.92 Å². The Labute approximate surface area is 102 Å². The highest BCUT2D eigenvalue weighted by atomic mass is 16.5. The first-order chi connectivity index (χ1) is 7.99. The lowest BCUT2D eigenvalue weighted by atomic mass is 9.89. The van der Waals surface area contributed by atoms with E-state index in [4.69, 9.17) is 9.84 Å². The SMILES string of the molecule is C[C@@H]1CCC[C@H](OCC(=O)N[C@@H](C)C(=O)O)C1. The Morgan fingerprint density at radius 2 is 2.18 bits per heavy atom. The zero-order valence-electron chi connectivity index (χ0n) is 10.4. The predicted octanol–water partition coefficient (Wildman–Crippen LogP) is 1.17. The fourth-order valence-electron chi connectivity index (χ4n) is 2.07. The van der Waals surface area contributed by atoms with Gasteiger partial charge in [0, 0.05) is 0 Å². The number of carboxylic acid groups (broad SMARTS) is 1. The first-order valence-corrected chi connectivity index (χ1v) is 6.12. The van der Waals surface area contributed by atoms with Crippen LogP contribution in [0.5, 0.6) is 0 Å². The number of ether oxygens (including phenoxy) is 1. The van der Waals surface area contributed by atoms with Gasteiger partial charge in [-0.1, -0.05) is 19.8 Å². The van der Waals surface area contributed by atoms with Crippen LogP contribution in [-0.4, -0.2) is 35.7 Å². The number of hydrogen-bond acceptors (Lipinski definition) is 3. The van der Waals surface area contributed by atoms with Gasteiger partial charge in [0.25, 0.3) is 0 Å². The third-order valence-corrected chi connectivity index (χ3v) is 3.09. The van der Waals surface area contributed by atoms with Crippen molar-refractivity contribution in [2.24, 2.45) is 5.92 Å². The van der Waals surface area contributed by atoms with Crippen molar-refractivity contribution in [1.29, 1.82) is 0 Å². The monoisotopic (exact) mass is 243 g/mol. The maximum atomic E-state index is 11.4. The number of carbonyl (C=O) groups excluding carboxylic acids is 1. The number of carbonyl (C=O) groups is 2. The zero-order chi connectivity index (χ0) is 12.8. The summed E-state index contributed by atoms with van der Waals surface area (Å²) < 4.78 is 5.49. The maximum Gasteiger partial charge on any atom is 0.325 e. The summed E-state index contributed by atoms with van der Waals surface area (Å²) in [6, 6.07) is -0.864. The van der Waals surface area contributed by atoms with Crippen molar-refractivity contribution in [3.63, 3.8) is 0 Å². The van der Waals surface area contributed by atoms with Gasteiger partial charge in [0.15, 0.2) is 0 Å². The molecule has 17 heavy (non-hydrogen) atoms. The second-order valence-electron chi connectivity index (χ2n) is 4.83. The van der Waals surface area contributed by atoms with Crippen molar-refractivity contribution >= 4 is 11.9 Å². The van der Waals surface area contributed by atoms with Gasteiger partial charge in [-0.15, -0.1) is 0 Å². The van der Waals surface area contributed by atoms with Crippen molar-refractivity contribution in [1.82, 2.24) is 5.32 Å². The van der Waals surface area contributed by atoms with E-state index < -0.39 is 12.0 Å². The topological polar surface area (TPSA) is 75.6 Å². The highest BCUT2D eigenvalue weighted by molar-refractivity contribution is 5.83. The van der Waals surface area contributed by atoms with E-state index in [1.54, 1.807) is 0 Å². The Morgan fingerprint density at radius 3 is 2.76 bits per heavy atom.